The second kappa shape index (κ2) is 6.65. The summed E-state index contributed by atoms with van der Waals surface area (Å²) in [6, 6.07) is 16.6. The molecule has 0 radical (unpaired) electrons. The Hall–Kier alpha value is -2.62. The van der Waals surface area contributed by atoms with Crippen molar-refractivity contribution in [2.75, 3.05) is 12.4 Å². The minimum absolute atomic E-state index is 0.182. The molecule has 23 heavy (non-hydrogen) atoms. The largest absolute Gasteiger partial charge is 0.497 e. The highest BCUT2D eigenvalue weighted by Gasteiger charge is 2.13. The van der Waals surface area contributed by atoms with Crippen molar-refractivity contribution in [1.82, 2.24) is 10.2 Å². The number of ether oxygens (including phenoxy) is 1. The van der Waals surface area contributed by atoms with E-state index in [1.165, 1.54) is 5.56 Å². The molecule has 0 aliphatic rings. The average Bonchev–Trinajstić information content (AvgIpc) is 2.62. The van der Waals surface area contributed by atoms with E-state index in [0.29, 0.717) is 0 Å². The maximum atomic E-state index is 5.23. The van der Waals surface area contributed by atoms with Crippen molar-refractivity contribution in [1.29, 1.82) is 0 Å². The second-order valence-corrected chi connectivity index (χ2v) is 5.56. The van der Waals surface area contributed by atoms with Crippen LogP contribution in [0.5, 0.6) is 5.75 Å². The van der Waals surface area contributed by atoms with Crippen molar-refractivity contribution >= 4 is 16.6 Å². The Kier molecular flexibility index (Phi) is 4.42. The van der Waals surface area contributed by atoms with Gasteiger partial charge in [0.05, 0.1) is 18.8 Å². The van der Waals surface area contributed by atoms with E-state index < -0.39 is 0 Å². The molecule has 0 spiro atoms. The molecule has 0 fully saturated rings. The van der Waals surface area contributed by atoms with Gasteiger partial charge < -0.3 is 10.1 Å². The van der Waals surface area contributed by atoms with Crippen LogP contribution in [-0.2, 0) is 0 Å². The maximum absolute atomic E-state index is 5.23. The van der Waals surface area contributed by atoms with Crippen molar-refractivity contribution in [3.8, 4) is 5.75 Å². The fourth-order valence-electron chi connectivity index (χ4n) is 2.77. The summed E-state index contributed by atoms with van der Waals surface area (Å²) in [5, 5.41) is 14.4. The number of methoxy groups -OCH3 is 1. The smallest absolute Gasteiger partial charge is 0.157 e. The van der Waals surface area contributed by atoms with E-state index in [-0.39, 0.29) is 6.04 Å². The van der Waals surface area contributed by atoms with Crippen LogP contribution < -0.4 is 10.1 Å². The van der Waals surface area contributed by atoms with Gasteiger partial charge in [0.2, 0.25) is 0 Å². The quantitative estimate of drug-likeness (QED) is 0.753. The van der Waals surface area contributed by atoms with Crippen molar-refractivity contribution in [2.24, 2.45) is 0 Å². The summed E-state index contributed by atoms with van der Waals surface area (Å²) >= 11 is 0. The lowest BCUT2D eigenvalue weighted by molar-refractivity contribution is 0.414. The first-order chi connectivity index (χ1) is 11.2. The van der Waals surface area contributed by atoms with Gasteiger partial charge in [0, 0.05) is 10.8 Å². The summed E-state index contributed by atoms with van der Waals surface area (Å²) in [4.78, 5) is 0. The summed E-state index contributed by atoms with van der Waals surface area (Å²) in [6.45, 7) is 4.14. The molecule has 0 saturated carbocycles. The zero-order valence-electron chi connectivity index (χ0n) is 13.7. The van der Waals surface area contributed by atoms with Gasteiger partial charge >= 0.3 is 0 Å². The van der Waals surface area contributed by atoms with Crippen LogP contribution in [0, 0.1) is 6.92 Å². The van der Waals surface area contributed by atoms with E-state index in [4.69, 9.17) is 4.74 Å². The Morgan fingerprint density at radius 1 is 1.00 bits per heavy atom. The Morgan fingerprint density at radius 3 is 2.35 bits per heavy atom. The van der Waals surface area contributed by atoms with Gasteiger partial charge in [-0.05, 0) is 31.0 Å². The molecular weight excluding hydrogens is 286 g/mol. The molecule has 0 bridgehead atoms. The van der Waals surface area contributed by atoms with Crippen molar-refractivity contribution in [3.63, 3.8) is 0 Å². The Balaban J connectivity index is 1.94. The predicted molar refractivity (Wildman–Crippen MR) is 93.9 cm³/mol. The molecule has 118 valence electrons. The number of fused-ring (bicyclic) bond motifs is 1. The van der Waals surface area contributed by atoms with E-state index in [1.54, 1.807) is 7.11 Å². The number of nitrogens with zero attached hydrogens (tertiary/aromatic N) is 2. The Labute approximate surface area is 136 Å². The molecule has 1 N–H and O–H groups in total. The number of benzene rings is 2. The number of anilines is 1. The van der Waals surface area contributed by atoms with Crippen LogP contribution in [0.2, 0.25) is 0 Å². The molecule has 0 aliphatic carbocycles. The number of hydrogen-bond donors (Lipinski definition) is 1. The number of hydrogen-bond acceptors (Lipinski definition) is 4. The highest BCUT2D eigenvalue weighted by molar-refractivity contribution is 5.92. The fourth-order valence-corrected chi connectivity index (χ4v) is 2.77. The van der Waals surface area contributed by atoms with Crippen LogP contribution in [0.25, 0.3) is 10.8 Å². The van der Waals surface area contributed by atoms with Gasteiger partial charge in [0.25, 0.3) is 0 Å². The average molecular weight is 307 g/mol. The highest BCUT2D eigenvalue weighted by Crippen LogP contribution is 2.28. The van der Waals surface area contributed by atoms with Crippen LogP contribution in [0.1, 0.15) is 30.6 Å². The van der Waals surface area contributed by atoms with Gasteiger partial charge in [0.15, 0.2) is 5.82 Å². The minimum Gasteiger partial charge on any atom is -0.497 e. The molecule has 3 aromatic rings. The van der Waals surface area contributed by atoms with E-state index in [9.17, 15) is 0 Å². The lowest BCUT2D eigenvalue weighted by Crippen LogP contribution is -2.12. The monoisotopic (exact) mass is 307 g/mol. The van der Waals surface area contributed by atoms with Gasteiger partial charge in [-0.1, -0.05) is 43.3 Å². The molecule has 4 heteroatoms. The van der Waals surface area contributed by atoms with Crippen molar-refractivity contribution in [3.05, 3.63) is 59.8 Å². The maximum Gasteiger partial charge on any atom is 0.157 e. The summed E-state index contributed by atoms with van der Waals surface area (Å²) in [5.41, 5.74) is 2.16. The van der Waals surface area contributed by atoms with Gasteiger partial charge in [-0.25, -0.2) is 0 Å². The van der Waals surface area contributed by atoms with Crippen LogP contribution in [0.15, 0.2) is 48.5 Å². The molecular formula is C19H21N3O. The molecule has 3 rings (SSSR count). The van der Waals surface area contributed by atoms with E-state index in [2.05, 4.69) is 46.7 Å². The van der Waals surface area contributed by atoms with Gasteiger partial charge in [0.1, 0.15) is 5.75 Å². The lowest BCUT2D eigenvalue weighted by Gasteiger charge is -2.19. The predicted octanol–water partition coefficient (Wildman–Crippen LogP) is 4.51. The molecule has 1 aromatic heterocycles. The van der Waals surface area contributed by atoms with Crippen LogP contribution >= 0.6 is 0 Å². The SMILES string of the molecule is CCC(Nc1nnc(C)c2ccccc12)c1ccc(OC)cc1. The number of nitrogens with one attached hydrogen (secondary N) is 1. The zero-order valence-corrected chi connectivity index (χ0v) is 13.7. The minimum atomic E-state index is 0.182. The molecule has 2 aromatic carbocycles. The normalized spacial score (nSPS) is 12.1. The highest BCUT2D eigenvalue weighted by atomic mass is 16.5. The second-order valence-electron chi connectivity index (χ2n) is 5.56. The topological polar surface area (TPSA) is 47.0 Å². The molecule has 0 saturated heterocycles. The van der Waals surface area contributed by atoms with Gasteiger partial charge in [-0.2, -0.15) is 5.10 Å². The number of aryl methyl sites for hydroxylation is 1. The first-order valence-electron chi connectivity index (χ1n) is 7.85. The molecule has 0 amide bonds. The third kappa shape index (κ3) is 3.11. The van der Waals surface area contributed by atoms with Gasteiger partial charge in [-0.15, -0.1) is 5.10 Å². The summed E-state index contributed by atoms with van der Waals surface area (Å²) in [7, 11) is 1.68. The summed E-state index contributed by atoms with van der Waals surface area (Å²) < 4.78 is 5.23. The standard InChI is InChI=1S/C19H21N3O/c1-4-18(14-9-11-15(23-3)12-10-14)20-19-17-8-6-5-7-16(17)13(2)21-22-19/h5-12,18H,4H2,1-3H3,(H,20,22). The fraction of sp³-hybridized carbons (Fsp3) is 0.263. The molecule has 1 unspecified atom stereocenters. The first-order valence-corrected chi connectivity index (χ1v) is 7.85. The molecule has 0 aliphatic heterocycles. The Morgan fingerprint density at radius 2 is 1.70 bits per heavy atom. The van der Waals surface area contributed by atoms with Crippen LogP contribution in [0.3, 0.4) is 0 Å². The molecule has 1 heterocycles. The summed E-state index contributed by atoms with van der Waals surface area (Å²) in [6.07, 6.45) is 0.955. The van der Waals surface area contributed by atoms with Crippen LogP contribution in [0.4, 0.5) is 5.82 Å². The van der Waals surface area contributed by atoms with Gasteiger partial charge in [-0.3, -0.25) is 0 Å². The van der Waals surface area contributed by atoms with E-state index in [0.717, 1.165) is 34.5 Å². The number of aromatic nitrogens is 2. The molecule has 1 atom stereocenters. The zero-order chi connectivity index (χ0) is 16.2. The van der Waals surface area contributed by atoms with Crippen molar-refractivity contribution < 1.29 is 4.74 Å². The number of rotatable bonds is 5. The Bertz CT molecular complexity index is 799. The third-order valence-electron chi connectivity index (χ3n) is 4.11. The lowest BCUT2D eigenvalue weighted by atomic mass is 10.0. The van der Waals surface area contributed by atoms with E-state index >= 15 is 0 Å². The summed E-state index contributed by atoms with van der Waals surface area (Å²) in [5.74, 6) is 1.69. The van der Waals surface area contributed by atoms with Crippen LogP contribution in [-0.4, -0.2) is 17.3 Å². The van der Waals surface area contributed by atoms with E-state index in [1.807, 2.05) is 31.2 Å². The van der Waals surface area contributed by atoms with Crippen molar-refractivity contribution in [2.45, 2.75) is 26.3 Å². The first kappa shape index (κ1) is 15.3. The third-order valence-corrected chi connectivity index (χ3v) is 4.11. The molecule has 4 nitrogen and oxygen atoms in total.